The summed E-state index contributed by atoms with van der Waals surface area (Å²) >= 11 is 0. The van der Waals surface area contributed by atoms with Gasteiger partial charge in [0.05, 0.1) is 0 Å². The van der Waals surface area contributed by atoms with Crippen molar-refractivity contribution in [1.29, 1.82) is 0 Å². The van der Waals surface area contributed by atoms with E-state index in [-0.39, 0.29) is 0 Å². The Morgan fingerprint density at radius 1 is 0.417 bits per heavy atom. The van der Waals surface area contributed by atoms with Crippen LogP contribution in [0.3, 0.4) is 0 Å². The minimum Gasteiger partial charge on any atom is -0.0585 e. The maximum absolute atomic E-state index is 2.48. The molecule has 3 saturated carbocycles. The summed E-state index contributed by atoms with van der Waals surface area (Å²) in [6.07, 6.45) is 20.7. The Labute approximate surface area is 149 Å². The van der Waals surface area contributed by atoms with Crippen molar-refractivity contribution in [3.05, 3.63) is 35.4 Å². The number of benzene rings is 1. The molecule has 0 atom stereocenters. The molecule has 0 unspecified atom stereocenters. The summed E-state index contributed by atoms with van der Waals surface area (Å²) in [7, 11) is 0. The summed E-state index contributed by atoms with van der Waals surface area (Å²) in [4.78, 5) is 0. The third kappa shape index (κ3) is 3.89. The van der Waals surface area contributed by atoms with Crippen molar-refractivity contribution in [3.63, 3.8) is 0 Å². The summed E-state index contributed by atoms with van der Waals surface area (Å²) in [5.41, 5.74) is 3.26. The molecule has 0 aliphatic heterocycles. The fourth-order valence-corrected chi connectivity index (χ4v) is 6.01. The quantitative estimate of drug-likeness (QED) is 0.537. The van der Waals surface area contributed by atoms with Gasteiger partial charge in [0.1, 0.15) is 0 Å². The maximum Gasteiger partial charge on any atom is -0.0162 e. The molecule has 0 N–H and O–H groups in total. The molecule has 0 nitrogen and oxygen atoms in total. The third-order valence-corrected chi connectivity index (χ3v) is 7.57. The molecule has 0 heteroatoms. The highest BCUT2D eigenvalue weighted by Gasteiger charge is 2.29. The van der Waals surface area contributed by atoms with Gasteiger partial charge in [0.15, 0.2) is 0 Å². The van der Waals surface area contributed by atoms with Gasteiger partial charge in [-0.05, 0) is 73.3 Å². The highest BCUT2D eigenvalue weighted by molar-refractivity contribution is 5.28. The molecule has 132 valence electrons. The Morgan fingerprint density at radius 3 is 1.38 bits per heavy atom. The van der Waals surface area contributed by atoms with Gasteiger partial charge in [0.2, 0.25) is 0 Å². The molecule has 0 heterocycles. The predicted octanol–water partition coefficient (Wildman–Crippen LogP) is 7.59. The fourth-order valence-electron chi connectivity index (χ4n) is 6.01. The van der Waals surface area contributed by atoms with Crippen molar-refractivity contribution in [1.82, 2.24) is 0 Å². The van der Waals surface area contributed by atoms with Crippen LogP contribution in [-0.4, -0.2) is 0 Å². The Bertz CT molecular complexity index is 479. The van der Waals surface area contributed by atoms with Crippen molar-refractivity contribution >= 4 is 0 Å². The van der Waals surface area contributed by atoms with Crippen LogP contribution in [0.2, 0.25) is 0 Å². The lowest BCUT2D eigenvalue weighted by atomic mass is 9.70. The molecule has 4 rings (SSSR count). The van der Waals surface area contributed by atoms with Crippen molar-refractivity contribution in [2.75, 3.05) is 0 Å². The Balaban J connectivity index is 1.32. The first-order valence-electron chi connectivity index (χ1n) is 11.0. The highest BCUT2D eigenvalue weighted by Crippen LogP contribution is 2.43. The minimum atomic E-state index is 0.852. The van der Waals surface area contributed by atoms with Crippen LogP contribution in [0, 0.1) is 11.8 Å². The molecule has 0 amide bonds. The van der Waals surface area contributed by atoms with E-state index >= 15 is 0 Å². The molecule has 0 radical (unpaired) electrons. The van der Waals surface area contributed by atoms with E-state index in [1.807, 2.05) is 0 Å². The van der Waals surface area contributed by atoms with Crippen molar-refractivity contribution in [2.24, 2.45) is 11.8 Å². The average molecular weight is 325 g/mol. The lowest BCUT2D eigenvalue weighted by molar-refractivity contribution is 0.186. The van der Waals surface area contributed by atoms with Gasteiger partial charge in [-0.1, -0.05) is 75.6 Å². The molecule has 0 spiro atoms. The van der Waals surface area contributed by atoms with Crippen LogP contribution >= 0.6 is 0 Å². The second-order valence-electron chi connectivity index (χ2n) is 9.01. The van der Waals surface area contributed by atoms with E-state index in [1.54, 1.807) is 11.1 Å². The second-order valence-corrected chi connectivity index (χ2v) is 9.01. The molecule has 3 aliphatic rings. The van der Waals surface area contributed by atoms with E-state index < -0.39 is 0 Å². The third-order valence-electron chi connectivity index (χ3n) is 7.57. The van der Waals surface area contributed by atoms with Crippen molar-refractivity contribution in [2.45, 2.75) is 102 Å². The Kier molecular flexibility index (Phi) is 5.60. The summed E-state index contributed by atoms with van der Waals surface area (Å²) in [5, 5.41) is 0. The standard InChI is InChI=1S/C24H36/c1-3-7-19(8-4-1)21-11-15-23(16-12-21)24-17-13-22(14-18-24)20-9-5-2-6-10-20/h11-12,15-16,19-20,22,24H,1-10,13-14,17-18H2. The Morgan fingerprint density at radius 2 is 0.833 bits per heavy atom. The van der Waals surface area contributed by atoms with Gasteiger partial charge >= 0.3 is 0 Å². The van der Waals surface area contributed by atoms with Crippen molar-refractivity contribution < 1.29 is 0 Å². The molecular weight excluding hydrogens is 288 g/mol. The zero-order valence-electron chi connectivity index (χ0n) is 15.5. The molecule has 3 aliphatic carbocycles. The van der Waals surface area contributed by atoms with E-state index in [1.165, 1.54) is 89.9 Å². The van der Waals surface area contributed by atoms with Crippen LogP contribution in [0.5, 0.6) is 0 Å². The van der Waals surface area contributed by atoms with Crippen LogP contribution in [0.25, 0.3) is 0 Å². The SMILES string of the molecule is c1cc(C2CCC(C3CCCCC3)CC2)ccc1C1CCCCC1. The minimum absolute atomic E-state index is 0.852. The lowest BCUT2D eigenvalue weighted by Crippen LogP contribution is -2.23. The topological polar surface area (TPSA) is 0 Å². The average Bonchev–Trinajstić information content (AvgIpc) is 2.70. The molecule has 1 aromatic rings. The molecule has 0 saturated heterocycles. The molecule has 0 bridgehead atoms. The van der Waals surface area contributed by atoms with Crippen LogP contribution in [0.15, 0.2) is 24.3 Å². The molecule has 24 heavy (non-hydrogen) atoms. The molecular formula is C24H36. The van der Waals surface area contributed by atoms with Crippen LogP contribution in [0.4, 0.5) is 0 Å². The summed E-state index contributed by atoms with van der Waals surface area (Å²) < 4.78 is 0. The summed E-state index contributed by atoms with van der Waals surface area (Å²) in [6.45, 7) is 0. The first-order valence-corrected chi connectivity index (χ1v) is 11.0. The van der Waals surface area contributed by atoms with E-state index in [0.29, 0.717) is 0 Å². The van der Waals surface area contributed by atoms with Gasteiger partial charge in [-0.15, -0.1) is 0 Å². The Hall–Kier alpha value is -0.780. The number of hydrogen-bond donors (Lipinski definition) is 0. The summed E-state index contributed by atoms with van der Waals surface area (Å²) in [5.74, 6) is 3.84. The smallest absolute Gasteiger partial charge is 0.0162 e. The highest BCUT2D eigenvalue weighted by atomic mass is 14.3. The first-order chi connectivity index (χ1) is 11.9. The zero-order valence-corrected chi connectivity index (χ0v) is 15.5. The van der Waals surface area contributed by atoms with Gasteiger partial charge < -0.3 is 0 Å². The van der Waals surface area contributed by atoms with E-state index in [9.17, 15) is 0 Å². The number of rotatable bonds is 3. The molecule has 0 aromatic heterocycles. The van der Waals surface area contributed by atoms with Crippen LogP contribution in [0.1, 0.15) is 113 Å². The van der Waals surface area contributed by atoms with Gasteiger partial charge in [-0.25, -0.2) is 0 Å². The van der Waals surface area contributed by atoms with Crippen molar-refractivity contribution in [3.8, 4) is 0 Å². The lowest BCUT2D eigenvalue weighted by Gasteiger charge is -2.36. The van der Waals surface area contributed by atoms with E-state index in [0.717, 1.165) is 23.7 Å². The zero-order chi connectivity index (χ0) is 16.2. The fraction of sp³-hybridized carbons (Fsp3) is 0.750. The van der Waals surface area contributed by atoms with Gasteiger partial charge in [0.25, 0.3) is 0 Å². The monoisotopic (exact) mass is 324 g/mol. The largest absolute Gasteiger partial charge is 0.0585 e. The summed E-state index contributed by atoms with van der Waals surface area (Å²) in [6, 6.07) is 9.90. The molecule has 3 fully saturated rings. The van der Waals surface area contributed by atoms with Crippen LogP contribution < -0.4 is 0 Å². The first kappa shape index (κ1) is 16.7. The van der Waals surface area contributed by atoms with E-state index in [2.05, 4.69) is 24.3 Å². The number of hydrogen-bond acceptors (Lipinski definition) is 0. The maximum atomic E-state index is 2.48. The van der Waals surface area contributed by atoms with Gasteiger partial charge in [-0.3, -0.25) is 0 Å². The predicted molar refractivity (Wildman–Crippen MR) is 104 cm³/mol. The van der Waals surface area contributed by atoms with Crippen LogP contribution in [-0.2, 0) is 0 Å². The normalized spacial score (nSPS) is 30.3. The molecule has 1 aromatic carbocycles. The second kappa shape index (κ2) is 8.07. The van der Waals surface area contributed by atoms with E-state index in [4.69, 9.17) is 0 Å². The van der Waals surface area contributed by atoms with Gasteiger partial charge in [-0.2, -0.15) is 0 Å². The van der Waals surface area contributed by atoms with Gasteiger partial charge in [0, 0.05) is 0 Å².